The molecule has 0 saturated heterocycles. The van der Waals surface area contributed by atoms with E-state index >= 15 is 0 Å². The summed E-state index contributed by atoms with van der Waals surface area (Å²) in [6.45, 7) is 6.50. The number of carbonyl (C=O) groups is 1. The summed E-state index contributed by atoms with van der Waals surface area (Å²) in [5.41, 5.74) is 3.79. The number of sulfonamides is 1. The molecule has 0 saturated carbocycles. The molecule has 0 spiro atoms. The highest BCUT2D eigenvalue weighted by atomic mass is 32.2. The van der Waals surface area contributed by atoms with Crippen LogP contribution in [0.15, 0.2) is 71.6 Å². The van der Waals surface area contributed by atoms with E-state index in [0.29, 0.717) is 24.4 Å². The third-order valence-electron chi connectivity index (χ3n) is 4.70. The smallest absolute Gasteiger partial charge is 0.261 e. The zero-order valence-corrected chi connectivity index (χ0v) is 18.6. The summed E-state index contributed by atoms with van der Waals surface area (Å²) in [7, 11) is -3.73. The Morgan fingerprint density at radius 1 is 0.903 bits per heavy atom. The lowest BCUT2D eigenvalue weighted by molar-refractivity contribution is 0.0947. The molecule has 0 atom stereocenters. The number of carbonyl (C=O) groups excluding carboxylic acids is 1. The number of rotatable bonds is 8. The van der Waals surface area contributed by atoms with Gasteiger partial charge in [-0.15, -0.1) is 0 Å². The van der Waals surface area contributed by atoms with Gasteiger partial charge in [0.15, 0.2) is 0 Å². The highest BCUT2D eigenvalue weighted by Crippen LogP contribution is 2.19. The van der Waals surface area contributed by atoms with Crippen LogP contribution in [0.1, 0.15) is 27.0 Å². The first-order valence-corrected chi connectivity index (χ1v) is 11.4. The molecule has 0 fully saturated rings. The predicted molar refractivity (Wildman–Crippen MR) is 122 cm³/mol. The number of amides is 1. The van der Waals surface area contributed by atoms with Crippen molar-refractivity contribution in [3.8, 4) is 5.75 Å². The van der Waals surface area contributed by atoms with Crippen molar-refractivity contribution in [3.05, 3.63) is 89.0 Å². The van der Waals surface area contributed by atoms with Crippen LogP contribution in [-0.2, 0) is 10.0 Å². The van der Waals surface area contributed by atoms with Crippen LogP contribution in [0, 0.1) is 20.8 Å². The van der Waals surface area contributed by atoms with Gasteiger partial charge in [0.2, 0.25) is 0 Å². The zero-order valence-electron chi connectivity index (χ0n) is 17.8. The Kier molecular flexibility index (Phi) is 6.97. The topological polar surface area (TPSA) is 84.5 Å². The van der Waals surface area contributed by atoms with Gasteiger partial charge in [-0.3, -0.25) is 9.52 Å². The van der Waals surface area contributed by atoms with E-state index < -0.39 is 10.0 Å². The van der Waals surface area contributed by atoms with Crippen molar-refractivity contribution >= 4 is 21.6 Å². The van der Waals surface area contributed by atoms with Crippen molar-refractivity contribution in [1.29, 1.82) is 0 Å². The molecule has 3 aromatic carbocycles. The number of hydrogen-bond acceptors (Lipinski definition) is 4. The summed E-state index contributed by atoms with van der Waals surface area (Å²) in [5.74, 6) is 0.489. The first-order valence-electron chi connectivity index (χ1n) is 9.92. The Balaban J connectivity index is 1.58. The maximum atomic E-state index is 12.6. The van der Waals surface area contributed by atoms with Crippen molar-refractivity contribution in [3.63, 3.8) is 0 Å². The molecule has 1 amide bonds. The lowest BCUT2D eigenvalue weighted by atomic mass is 10.1. The molecule has 0 aliphatic carbocycles. The maximum Gasteiger partial charge on any atom is 0.261 e. The van der Waals surface area contributed by atoms with Crippen molar-refractivity contribution < 1.29 is 17.9 Å². The van der Waals surface area contributed by atoms with Gasteiger partial charge >= 0.3 is 0 Å². The molecule has 0 heterocycles. The first-order chi connectivity index (χ1) is 14.7. The van der Waals surface area contributed by atoms with Crippen LogP contribution >= 0.6 is 0 Å². The Labute approximate surface area is 183 Å². The van der Waals surface area contributed by atoms with Gasteiger partial charge < -0.3 is 10.1 Å². The van der Waals surface area contributed by atoms with E-state index in [-0.39, 0.29) is 10.8 Å². The van der Waals surface area contributed by atoms with Crippen LogP contribution in [0.25, 0.3) is 0 Å². The average Bonchev–Trinajstić information content (AvgIpc) is 2.73. The van der Waals surface area contributed by atoms with Gasteiger partial charge in [-0.1, -0.05) is 35.9 Å². The fraction of sp³-hybridized carbons (Fsp3) is 0.208. The lowest BCUT2D eigenvalue weighted by Crippen LogP contribution is -2.28. The third-order valence-corrected chi connectivity index (χ3v) is 6.09. The van der Waals surface area contributed by atoms with E-state index in [1.165, 1.54) is 6.07 Å². The summed E-state index contributed by atoms with van der Waals surface area (Å²) in [6, 6.07) is 18.9. The number of ether oxygens (including phenoxy) is 1. The fourth-order valence-corrected chi connectivity index (χ4v) is 4.00. The molecule has 31 heavy (non-hydrogen) atoms. The monoisotopic (exact) mass is 438 g/mol. The molecule has 0 bridgehead atoms. The minimum Gasteiger partial charge on any atom is -0.491 e. The minimum atomic E-state index is -3.73. The molecule has 0 radical (unpaired) electrons. The Morgan fingerprint density at radius 2 is 1.61 bits per heavy atom. The van der Waals surface area contributed by atoms with E-state index in [9.17, 15) is 13.2 Å². The van der Waals surface area contributed by atoms with Gasteiger partial charge in [-0.05, 0) is 68.3 Å². The average molecular weight is 439 g/mol. The van der Waals surface area contributed by atoms with E-state index in [4.69, 9.17) is 4.74 Å². The molecule has 3 aromatic rings. The number of benzene rings is 3. The van der Waals surface area contributed by atoms with Gasteiger partial charge in [-0.2, -0.15) is 0 Å². The van der Waals surface area contributed by atoms with Crippen LogP contribution < -0.4 is 14.8 Å². The molecule has 0 aliphatic heterocycles. The second-order valence-electron chi connectivity index (χ2n) is 7.37. The standard InChI is InChI=1S/C24H26N2O4S/c1-17-8-11-22(12-9-17)31(28,29)26-21-6-4-5-20(16-21)24(27)25-13-14-30-23-15-18(2)7-10-19(23)3/h4-12,15-16,26H,13-14H2,1-3H3,(H,25,27). The molecular formula is C24H26N2O4S. The molecule has 0 unspecified atom stereocenters. The number of hydrogen-bond donors (Lipinski definition) is 2. The van der Waals surface area contributed by atoms with Gasteiger partial charge in [0.25, 0.3) is 15.9 Å². The predicted octanol–water partition coefficient (Wildman–Crippen LogP) is 4.22. The van der Waals surface area contributed by atoms with Gasteiger partial charge in [-0.25, -0.2) is 8.42 Å². The van der Waals surface area contributed by atoms with Gasteiger partial charge in [0, 0.05) is 11.3 Å². The van der Waals surface area contributed by atoms with Crippen molar-refractivity contribution in [2.45, 2.75) is 25.7 Å². The summed E-state index contributed by atoms with van der Waals surface area (Å²) < 4.78 is 33.4. The highest BCUT2D eigenvalue weighted by Gasteiger charge is 2.15. The molecule has 7 heteroatoms. The van der Waals surface area contributed by atoms with Gasteiger partial charge in [0.1, 0.15) is 12.4 Å². The molecule has 3 rings (SSSR count). The normalized spacial score (nSPS) is 11.1. The lowest BCUT2D eigenvalue weighted by Gasteiger charge is -2.12. The Hall–Kier alpha value is -3.32. The van der Waals surface area contributed by atoms with Crippen molar-refractivity contribution in [1.82, 2.24) is 5.32 Å². The van der Waals surface area contributed by atoms with Crippen molar-refractivity contribution in [2.75, 3.05) is 17.9 Å². The van der Waals surface area contributed by atoms with E-state index in [0.717, 1.165) is 22.4 Å². The van der Waals surface area contributed by atoms with Crippen LogP contribution in [-0.4, -0.2) is 27.5 Å². The summed E-state index contributed by atoms with van der Waals surface area (Å²) in [4.78, 5) is 12.6. The van der Waals surface area contributed by atoms with Crippen LogP contribution in [0.5, 0.6) is 5.75 Å². The van der Waals surface area contributed by atoms with Crippen LogP contribution in [0.2, 0.25) is 0 Å². The summed E-state index contributed by atoms with van der Waals surface area (Å²) >= 11 is 0. The maximum absolute atomic E-state index is 12.6. The highest BCUT2D eigenvalue weighted by molar-refractivity contribution is 7.92. The van der Waals surface area contributed by atoms with E-state index in [1.54, 1.807) is 42.5 Å². The Morgan fingerprint density at radius 3 is 2.35 bits per heavy atom. The molecule has 0 aliphatic rings. The molecular weight excluding hydrogens is 412 g/mol. The number of anilines is 1. The molecule has 6 nitrogen and oxygen atoms in total. The first kappa shape index (κ1) is 22.4. The summed E-state index contributed by atoms with van der Waals surface area (Å²) in [5, 5.41) is 2.79. The quantitative estimate of drug-likeness (QED) is 0.516. The molecule has 0 aromatic heterocycles. The molecule has 162 valence electrons. The number of aryl methyl sites for hydroxylation is 3. The number of nitrogens with one attached hydrogen (secondary N) is 2. The fourth-order valence-electron chi connectivity index (χ4n) is 2.95. The van der Waals surface area contributed by atoms with Crippen LogP contribution in [0.3, 0.4) is 0 Å². The minimum absolute atomic E-state index is 0.163. The SMILES string of the molecule is Cc1ccc(S(=O)(=O)Nc2cccc(C(=O)NCCOc3cc(C)ccc3C)c2)cc1. The largest absolute Gasteiger partial charge is 0.491 e. The molecule has 2 N–H and O–H groups in total. The van der Waals surface area contributed by atoms with Crippen LogP contribution in [0.4, 0.5) is 5.69 Å². The van der Waals surface area contributed by atoms with Gasteiger partial charge in [0.05, 0.1) is 11.4 Å². The second kappa shape index (κ2) is 9.66. The van der Waals surface area contributed by atoms with Crippen molar-refractivity contribution in [2.24, 2.45) is 0 Å². The third kappa shape index (κ3) is 6.08. The Bertz CT molecular complexity index is 1170. The van der Waals surface area contributed by atoms with E-state index in [1.807, 2.05) is 39.0 Å². The summed E-state index contributed by atoms with van der Waals surface area (Å²) in [6.07, 6.45) is 0. The van der Waals surface area contributed by atoms with E-state index in [2.05, 4.69) is 10.0 Å². The second-order valence-corrected chi connectivity index (χ2v) is 9.06. The zero-order chi connectivity index (χ0) is 22.4.